The molecule has 0 saturated heterocycles. The lowest BCUT2D eigenvalue weighted by molar-refractivity contribution is -0.170. The number of rotatable bonds is 11. The van der Waals surface area contributed by atoms with E-state index in [4.69, 9.17) is 51.1 Å². The first-order chi connectivity index (χ1) is 14.0. The highest BCUT2D eigenvalue weighted by Gasteiger charge is 2.40. The van der Waals surface area contributed by atoms with Crippen LogP contribution in [-0.2, 0) is 28.8 Å². The zero-order chi connectivity index (χ0) is 25.5. The minimum absolute atomic E-state index is 0.0258. The highest BCUT2D eigenvalue weighted by atomic mass is 16.4. The minimum Gasteiger partial charge on any atom is -0.481 e. The molecule has 0 saturated carbocycles. The number of ketones is 1. The molecule has 0 rings (SSSR count). The summed E-state index contributed by atoms with van der Waals surface area (Å²) in [4.78, 5) is 59.3. The van der Waals surface area contributed by atoms with Crippen molar-refractivity contribution in [1.82, 2.24) is 0 Å². The number of aliphatic carboxylic acids is 4. The van der Waals surface area contributed by atoms with Gasteiger partial charge >= 0.3 is 23.9 Å². The summed E-state index contributed by atoms with van der Waals surface area (Å²) < 4.78 is 0. The summed E-state index contributed by atoms with van der Waals surface area (Å²) in [6, 6.07) is 0. The maximum Gasteiger partial charge on any atom is 0.371 e. The number of hydrogen-bond acceptors (Lipinski definition) is 12. The summed E-state index contributed by atoms with van der Waals surface area (Å²) in [5.74, 6) is -7.22. The van der Waals surface area contributed by atoms with E-state index in [1.54, 1.807) is 0 Å². The highest BCUT2D eigenvalue weighted by Crippen LogP contribution is 2.15. The third kappa shape index (κ3) is 15.5. The third-order valence-corrected chi connectivity index (χ3v) is 3.01. The molecule has 0 unspecified atom stereocenters. The van der Waals surface area contributed by atoms with Crippen molar-refractivity contribution in [2.75, 3.05) is 6.61 Å². The molecule has 4 atom stereocenters. The lowest BCUT2D eigenvalue weighted by atomic mass is 9.96. The molecular weight excluding hydrogens is 436 g/mol. The van der Waals surface area contributed by atoms with Crippen LogP contribution in [0.25, 0.3) is 0 Å². The molecule has 0 aliphatic carbocycles. The fourth-order valence-corrected chi connectivity index (χ4v) is 1.33. The molecule has 0 aliphatic rings. The molecular formula is C15H24O16. The predicted molar refractivity (Wildman–Crippen MR) is 92.6 cm³/mol. The van der Waals surface area contributed by atoms with Gasteiger partial charge in [0.1, 0.15) is 24.4 Å². The molecule has 16 nitrogen and oxygen atoms in total. The average molecular weight is 460 g/mol. The molecule has 0 amide bonds. The van der Waals surface area contributed by atoms with Gasteiger partial charge in [-0.3, -0.25) is 14.4 Å². The zero-order valence-corrected chi connectivity index (χ0v) is 15.9. The monoisotopic (exact) mass is 460 g/mol. The van der Waals surface area contributed by atoms with Crippen LogP contribution in [-0.4, -0.2) is 124 Å². The number of carboxylic acids is 4. The van der Waals surface area contributed by atoms with Gasteiger partial charge in [-0.25, -0.2) is 9.59 Å². The fourth-order valence-electron chi connectivity index (χ4n) is 1.33. The second-order valence-electron chi connectivity index (χ2n) is 5.70. The van der Waals surface area contributed by atoms with E-state index in [2.05, 4.69) is 0 Å². The number of aliphatic hydroxyl groups excluding tert-OH is 5. The van der Waals surface area contributed by atoms with Gasteiger partial charge in [-0.05, 0) is 0 Å². The van der Waals surface area contributed by atoms with Crippen LogP contribution in [0.5, 0.6) is 0 Å². The van der Waals surface area contributed by atoms with Crippen molar-refractivity contribution >= 4 is 35.9 Å². The van der Waals surface area contributed by atoms with Gasteiger partial charge in [-0.1, -0.05) is 0 Å². The van der Waals surface area contributed by atoms with Gasteiger partial charge in [0.15, 0.2) is 11.9 Å². The van der Waals surface area contributed by atoms with Gasteiger partial charge in [0.2, 0.25) is 5.78 Å². The molecule has 0 spiro atoms. The Morgan fingerprint density at radius 3 is 1.39 bits per heavy atom. The fraction of sp³-hybridized carbons (Fsp3) is 0.600. The first kappa shape index (κ1) is 32.6. The lowest BCUT2D eigenvalue weighted by Gasteiger charge is -2.22. The number of carboxylic acid groups (broad SMARTS) is 4. The first-order valence-electron chi connectivity index (χ1n) is 7.88. The normalized spacial score (nSPS) is 14.2. The Labute approximate surface area is 173 Å². The van der Waals surface area contributed by atoms with Gasteiger partial charge in [0.05, 0.1) is 19.4 Å². The van der Waals surface area contributed by atoms with E-state index >= 15 is 0 Å². The number of hydrogen-bond donors (Lipinski definition) is 10. The second-order valence-corrected chi connectivity index (χ2v) is 5.70. The summed E-state index contributed by atoms with van der Waals surface area (Å²) in [6.45, 7) is 0.242. The molecule has 31 heavy (non-hydrogen) atoms. The van der Waals surface area contributed by atoms with E-state index in [9.17, 15) is 28.8 Å². The standard InChI is InChI=1S/C6H8O7.C6H12O6.C3H4O3/c7-3(8)1-6(13,5(11)12)2-4(9)10;7-1-3(9)5(11)6(12)4(10)2-8;1-2(4)3(5)6/h13H,1-2H2,(H,7,8)(H,9,10)(H,11,12);1,3-6,8-12H,2H2;1H3,(H,5,6)/t;3-,4+,5+,6+;/m.0./s1. The van der Waals surface area contributed by atoms with Gasteiger partial charge in [-0.15, -0.1) is 0 Å². The number of aliphatic hydroxyl groups is 6. The molecule has 0 bridgehead atoms. The molecule has 0 aliphatic heterocycles. The molecule has 0 aromatic carbocycles. The van der Waals surface area contributed by atoms with Crippen LogP contribution in [0.15, 0.2) is 0 Å². The zero-order valence-electron chi connectivity index (χ0n) is 15.9. The predicted octanol–water partition coefficient (Wildman–Crippen LogP) is -4.97. The van der Waals surface area contributed by atoms with Crippen molar-refractivity contribution in [2.24, 2.45) is 0 Å². The van der Waals surface area contributed by atoms with Crippen LogP contribution < -0.4 is 0 Å². The Bertz CT molecular complexity index is 601. The summed E-state index contributed by atoms with van der Waals surface area (Å²) in [7, 11) is 0. The molecule has 0 radical (unpaired) electrons. The van der Waals surface area contributed by atoms with Crippen molar-refractivity contribution < 1.29 is 79.8 Å². The van der Waals surface area contributed by atoms with E-state index in [1.165, 1.54) is 0 Å². The van der Waals surface area contributed by atoms with Crippen molar-refractivity contribution in [2.45, 2.75) is 49.8 Å². The van der Waals surface area contributed by atoms with Crippen LogP contribution in [0, 0.1) is 0 Å². The maximum atomic E-state index is 10.3. The molecule has 180 valence electrons. The van der Waals surface area contributed by atoms with Gasteiger partial charge in [0.25, 0.3) is 0 Å². The Morgan fingerprint density at radius 2 is 1.19 bits per heavy atom. The summed E-state index contributed by atoms with van der Waals surface area (Å²) in [5.41, 5.74) is -2.74. The molecule has 0 heterocycles. The van der Waals surface area contributed by atoms with Crippen LogP contribution in [0.1, 0.15) is 19.8 Å². The van der Waals surface area contributed by atoms with E-state index in [0.29, 0.717) is 0 Å². The van der Waals surface area contributed by atoms with Gasteiger partial charge < -0.3 is 55.9 Å². The van der Waals surface area contributed by atoms with Crippen LogP contribution >= 0.6 is 0 Å². The average Bonchev–Trinajstić information content (AvgIpc) is 2.64. The first-order valence-corrected chi connectivity index (χ1v) is 7.88. The number of aldehydes is 1. The highest BCUT2D eigenvalue weighted by molar-refractivity contribution is 6.31. The lowest BCUT2D eigenvalue weighted by Crippen LogP contribution is -2.46. The smallest absolute Gasteiger partial charge is 0.371 e. The molecule has 0 aromatic rings. The minimum atomic E-state index is -2.74. The number of Topliss-reactive ketones (excluding diaryl/α,β-unsaturated/α-hetero) is 1. The van der Waals surface area contributed by atoms with Crippen LogP contribution in [0.4, 0.5) is 0 Å². The molecule has 16 heteroatoms. The van der Waals surface area contributed by atoms with E-state index in [-0.39, 0.29) is 6.29 Å². The largest absolute Gasteiger partial charge is 0.481 e. The van der Waals surface area contributed by atoms with Crippen molar-refractivity contribution in [3.05, 3.63) is 0 Å². The SMILES string of the molecule is CC(=O)C(=O)O.O=C(O)CC(O)(CC(=O)O)C(=O)O.O=C[C@H](O)[C@@H](O)[C@H](O)[C@H](O)CO. The quantitative estimate of drug-likeness (QED) is 0.102. The summed E-state index contributed by atoms with van der Waals surface area (Å²) >= 11 is 0. The summed E-state index contributed by atoms with van der Waals surface area (Å²) in [6.07, 6.45) is -9.13. The van der Waals surface area contributed by atoms with Gasteiger partial charge in [0, 0.05) is 6.92 Å². The maximum absolute atomic E-state index is 10.3. The Balaban J connectivity index is -0.000000405. The second kappa shape index (κ2) is 15.8. The van der Waals surface area contributed by atoms with E-state index < -0.39 is 79.1 Å². The van der Waals surface area contributed by atoms with Gasteiger partial charge in [-0.2, -0.15) is 0 Å². The Kier molecular flexibility index (Phi) is 16.6. The van der Waals surface area contributed by atoms with Crippen molar-refractivity contribution in [3.63, 3.8) is 0 Å². The van der Waals surface area contributed by atoms with Crippen LogP contribution in [0.3, 0.4) is 0 Å². The molecule has 10 N–H and O–H groups in total. The Morgan fingerprint density at radius 1 is 0.839 bits per heavy atom. The molecule has 0 aromatic heterocycles. The van der Waals surface area contributed by atoms with E-state index in [1.807, 2.05) is 0 Å². The van der Waals surface area contributed by atoms with Crippen LogP contribution in [0.2, 0.25) is 0 Å². The summed E-state index contributed by atoms with van der Waals surface area (Å²) in [5, 5.41) is 85.0. The number of carbonyl (C=O) groups is 6. The van der Waals surface area contributed by atoms with Crippen molar-refractivity contribution in [1.29, 1.82) is 0 Å². The number of carbonyl (C=O) groups excluding carboxylic acids is 2. The Hall–Kier alpha value is -3.02. The molecule has 0 fully saturated rings. The topological polar surface area (TPSA) is 305 Å². The van der Waals surface area contributed by atoms with E-state index in [0.717, 1.165) is 6.92 Å². The van der Waals surface area contributed by atoms with Crippen molar-refractivity contribution in [3.8, 4) is 0 Å². The third-order valence-electron chi connectivity index (χ3n) is 3.01.